The monoisotopic (exact) mass is 790 g/mol. The number of anilines is 1. The third kappa shape index (κ3) is 7.36. The summed E-state index contributed by atoms with van der Waals surface area (Å²) >= 11 is 0. The Morgan fingerprint density at radius 2 is 1.26 bits per heavy atom. The number of aliphatic imine (C=N–C) groups is 2. The van der Waals surface area contributed by atoms with E-state index in [-0.39, 0.29) is 12.0 Å². The van der Waals surface area contributed by atoms with Crippen molar-refractivity contribution in [2.75, 3.05) is 4.90 Å². The highest BCUT2D eigenvalue weighted by Gasteiger charge is 2.40. The minimum absolute atomic E-state index is 0.169. The first-order chi connectivity index (χ1) is 30.0. The first-order valence-electron chi connectivity index (χ1n) is 21.4. The molecule has 4 nitrogen and oxygen atoms in total. The summed E-state index contributed by atoms with van der Waals surface area (Å²) in [6.45, 7) is 12.7. The first kappa shape index (κ1) is 39.2. The number of allylic oxidation sites excluding steroid dienone is 6. The lowest BCUT2D eigenvalue weighted by Crippen LogP contribution is -2.33. The topological polar surface area (TPSA) is 32.9 Å². The van der Waals surface area contributed by atoms with E-state index in [1.165, 1.54) is 55.5 Å². The third-order valence-electron chi connectivity index (χ3n) is 11.9. The Morgan fingerprint density at radius 3 is 2.03 bits per heavy atom. The van der Waals surface area contributed by atoms with Crippen molar-refractivity contribution < 1.29 is 0 Å². The van der Waals surface area contributed by atoms with Gasteiger partial charge in [0.2, 0.25) is 0 Å². The number of hydrogen-bond donors (Lipinski definition) is 0. The Kier molecular flexibility index (Phi) is 11.0. The molecule has 2 atom stereocenters. The molecule has 0 saturated carbocycles. The van der Waals surface area contributed by atoms with Crippen LogP contribution >= 0.6 is 0 Å². The van der Waals surface area contributed by atoms with Crippen LogP contribution in [0, 0.1) is 5.92 Å². The molecule has 1 aliphatic heterocycles. The molecule has 2 heterocycles. The van der Waals surface area contributed by atoms with Crippen molar-refractivity contribution in [2.24, 2.45) is 15.9 Å². The number of para-hydroxylation sites is 2. The van der Waals surface area contributed by atoms with Gasteiger partial charge in [-0.3, -0.25) is 0 Å². The van der Waals surface area contributed by atoms with Crippen molar-refractivity contribution in [3.63, 3.8) is 0 Å². The van der Waals surface area contributed by atoms with E-state index in [1.54, 1.807) is 0 Å². The van der Waals surface area contributed by atoms with Crippen molar-refractivity contribution in [2.45, 2.75) is 40.2 Å². The van der Waals surface area contributed by atoms with E-state index in [0.717, 1.165) is 34.5 Å². The van der Waals surface area contributed by atoms with E-state index in [9.17, 15) is 0 Å². The lowest BCUT2D eigenvalue weighted by molar-refractivity contribution is 0.668. The Balaban J connectivity index is 0.00000235. The second-order valence-electron chi connectivity index (χ2n) is 15.5. The molecule has 1 aromatic heterocycles. The van der Waals surface area contributed by atoms with Crippen LogP contribution in [-0.2, 0) is 0 Å². The van der Waals surface area contributed by atoms with Gasteiger partial charge >= 0.3 is 0 Å². The Hall–Kier alpha value is -7.30. The number of nitrogens with zero attached hydrogens (tertiary/aromatic N) is 4. The van der Waals surface area contributed by atoms with Crippen molar-refractivity contribution in [3.8, 4) is 5.69 Å². The second-order valence-corrected chi connectivity index (χ2v) is 15.5. The van der Waals surface area contributed by atoms with Gasteiger partial charge in [-0.1, -0.05) is 172 Å². The number of benzene rings is 6. The normalized spacial score (nSPS) is 17.3. The maximum absolute atomic E-state index is 5.19. The number of rotatable bonds is 7. The molecule has 2 unspecified atom stereocenters. The summed E-state index contributed by atoms with van der Waals surface area (Å²) in [6.07, 6.45) is 14.8. The van der Waals surface area contributed by atoms with Gasteiger partial charge in [0.25, 0.3) is 0 Å². The van der Waals surface area contributed by atoms with E-state index >= 15 is 0 Å². The molecule has 0 spiro atoms. The molecule has 0 fully saturated rings. The molecule has 298 valence electrons. The highest BCUT2D eigenvalue weighted by Crippen LogP contribution is 2.48. The quantitative estimate of drug-likeness (QED) is 0.117. The average Bonchev–Trinajstić information content (AvgIpc) is 3.77. The van der Waals surface area contributed by atoms with Crippen LogP contribution in [0.1, 0.15) is 56.4 Å². The lowest BCUT2D eigenvalue weighted by atomic mass is 9.88. The second kappa shape index (κ2) is 17.1. The van der Waals surface area contributed by atoms with E-state index < -0.39 is 0 Å². The van der Waals surface area contributed by atoms with E-state index in [0.29, 0.717) is 11.5 Å². The molecule has 6 aromatic carbocycles. The van der Waals surface area contributed by atoms with Crippen LogP contribution in [0.5, 0.6) is 0 Å². The molecule has 61 heavy (non-hydrogen) atoms. The summed E-state index contributed by atoms with van der Waals surface area (Å²) in [6, 6.07) is 55.7. The third-order valence-corrected chi connectivity index (χ3v) is 11.9. The Labute approximate surface area is 360 Å². The van der Waals surface area contributed by atoms with Gasteiger partial charge in [0.05, 0.1) is 22.8 Å². The van der Waals surface area contributed by atoms with Crippen LogP contribution < -0.4 is 4.90 Å². The van der Waals surface area contributed by atoms with Gasteiger partial charge in [-0.25, -0.2) is 9.98 Å². The summed E-state index contributed by atoms with van der Waals surface area (Å²) in [5.74, 6) is 0.913. The number of hydrogen-bond acceptors (Lipinski definition) is 2. The molecule has 0 bridgehead atoms. The Morgan fingerprint density at radius 1 is 0.623 bits per heavy atom. The predicted molar refractivity (Wildman–Crippen MR) is 261 cm³/mol. The van der Waals surface area contributed by atoms with Crippen LogP contribution in [0.4, 0.5) is 5.69 Å². The van der Waals surface area contributed by atoms with Crippen molar-refractivity contribution in [3.05, 3.63) is 240 Å². The first-order valence-corrected chi connectivity index (χ1v) is 21.4. The fourth-order valence-corrected chi connectivity index (χ4v) is 9.11. The van der Waals surface area contributed by atoms with E-state index in [1.807, 2.05) is 62.4 Å². The van der Waals surface area contributed by atoms with Gasteiger partial charge in [-0.05, 0) is 96.1 Å². The minimum Gasteiger partial charge on any atom is -0.333 e. The van der Waals surface area contributed by atoms with Crippen LogP contribution in [0.25, 0.3) is 38.8 Å². The summed E-state index contributed by atoms with van der Waals surface area (Å²) in [4.78, 5) is 12.7. The Bertz CT molecular complexity index is 2990. The largest absolute Gasteiger partial charge is 0.333 e. The molecule has 2 aliphatic carbocycles. The zero-order valence-corrected chi connectivity index (χ0v) is 35.3. The molecular formula is C57H50N4. The highest BCUT2D eigenvalue weighted by atomic mass is 15.2. The standard InChI is InChI=1S/C55H44N4.C2H6/c1-37-46(43-33-34-53-50(36-43)48-28-14-15-31-51(48)58(53)44-24-11-6-12-25-44)29-18-30-49-47-27-13-16-32-52(47)59(54(37)49)45-26-17-23-42(35-45)39(3)57-55(41-21-9-5-10-22-41)56-38(2)40-19-7-4-8-20-40;1-2/h4-29,31-36,47,52H,2,30H2,1,3H3;1-2H3. The van der Waals surface area contributed by atoms with Crippen LogP contribution in [0.15, 0.2) is 228 Å². The maximum Gasteiger partial charge on any atom is 0.160 e. The van der Waals surface area contributed by atoms with Crippen molar-refractivity contribution in [1.29, 1.82) is 0 Å². The van der Waals surface area contributed by atoms with Crippen LogP contribution in [-0.4, -0.2) is 22.2 Å². The van der Waals surface area contributed by atoms with Gasteiger partial charge in [-0.15, -0.1) is 0 Å². The average molecular weight is 791 g/mol. The smallest absolute Gasteiger partial charge is 0.160 e. The SMILES string of the molecule is C=C(N=C(N=C(C)c1cccc(N2C3=C(CC=CC(c4ccc5c(c4)c4ccccc4n5-c4ccccc4)=C3C)C3C=CC=CC32)c1)c1ccccc1)c1ccccc1.CC. The lowest BCUT2D eigenvalue weighted by Gasteiger charge is -2.32. The number of aromatic nitrogens is 1. The summed E-state index contributed by atoms with van der Waals surface area (Å²) in [5, 5.41) is 2.51. The molecule has 0 radical (unpaired) electrons. The zero-order chi connectivity index (χ0) is 41.9. The summed E-state index contributed by atoms with van der Waals surface area (Å²) in [7, 11) is 0. The molecule has 3 aliphatic rings. The van der Waals surface area contributed by atoms with Crippen LogP contribution in [0.3, 0.4) is 0 Å². The fourth-order valence-electron chi connectivity index (χ4n) is 9.11. The fraction of sp³-hybridized carbons (Fsp3) is 0.123. The molecule has 4 heteroatoms. The maximum atomic E-state index is 5.19. The van der Waals surface area contributed by atoms with Gasteiger partial charge in [0.15, 0.2) is 5.84 Å². The van der Waals surface area contributed by atoms with Gasteiger partial charge in [0, 0.05) is 45.0 Å². The van der Waals surface area contributed by atoms with E-state index in [2.05, 4.69) is 176 Å². The summed E-state index contributed by atoms with van der Waals surface area (Å²) < 4.78 is 2.38. The van der Waals surface area contributed by atoms with Crippen LogP contribution in [0.2, 0.25) is 0 Å². The number of fused-ring (bicyclic) bond motifs is 5. The predicted octanol–water partition coefficient (Wildman–Crippen LogP) is 14.4. The van der Waals surface area contributed by atoms with Crippen molar-refractivity contribution in [1.82, 2.24) is 4.57 Å². The molecular weight excluding hydrogens is 741 g/mol. The minimum atomic E-state index is 0.169. The molecule has 7 aromatic rings. The van der Waals surface area contributed by atoms with E-state index in [4.69, 9.17) is 9.98 Å². The molecule has 10 rings (SSSR count). The van der Waals surface area contributed by atoms with Gasteiger partial charge in [-0.2, -0.15) is 0 Å². The zero-order valence-electron chi connectivity index (χ0n) is 35.3. The van der Waals surface area contributed by atoms with Crippen molar-refractivity contribution >= 4 is 50.3 Å². The highest BCUT2D eigenvalue weighted by molar-refractivity contribution is 6.13. The summed E-state index contributed by atoms with van der Waals surface area (Å²) in [5.41, 5.74) is 15.8. The molecule has 0 saturated heterocycles. The molecule has 0 amide bonds. The number of amidine groups is 1. The van der Waals surface area contributed by atoms with Gasteiger partial charge < -0.3 is 9.47 Å². The molecule has 0 N–H and O–H groups in total. The van der Waals surface area contributed by atoms with Gasteiger partial charge in [0.1, 0.15) is 0 Å².